The van der Waals surface area contributed by atoms with Crippen LogP contribution in [0.1, 0.15) is 26.2 Å². The molecular formula is C16H18ClFN2O. The molecule has 1 fully saturated rings. The maximum Gasteiger partial charge on any atom is 0.191 e. The second-order valence-electron chi connectivity index (χ2n) is 6.07. The third-order valence-corrected chi connectivity index (χ3v) is 4.88. The lowest BCUT2D eigenvalue weighted by molar-refractivity contribution is 0.390. The van der Waals surface area contributed by atoms with Crippen molar-refractivity contribution in [3.8, 4) is 5.75 Å². The largest absolute Gasteiger partial charge is 0.437 e. The summed E-state index contributed by atoms with van der Waals surface area (Å²) in [5.41, 5.74) is 14.1. The number of nitrogens with two attached hydrogens (primary N) is 2. The summed E-state index contributed by atoms with van der Waals surface area (Å²) >= 11 is 5.92. The summed E-state index contributed by atoms with van der Waals surface area (Å²) in [4.78, 5) is 0. The fourth-order valence-corrected chi connectivity index (χ4v) is 3.60. The summed E-state index contributed by atoms with van der Waals surface area (Å²) in [5, 5.41) is 0.188. The van der Waals surface area contributed by atoms with Crippen LogP contribution in [0, 0.1) is 17.2 Å². The van der Waals surface area contributed by atoms with E-state index in [1.165, 1.54) is 12.1 Å². The molecule has 1 saturated carbocycles. The predicted molar refractivity (Wildman–Crippen MR) is 81.0 cm³/mol. The molecule has 21 heavy (non-hydrogen) atoms. The smallest absolute Gasteiger partial charge is 0.191 e. The molecule has 0 radical (unpaired) electrons. The SMILES string of the molecule is C[C@]12CC[C@H](C1)C(/C=C(\N)Oc1c(F)cccc1Cl)=C2N. The predicted octanol–water partition coefficient (Wildman–Crippen LogP) is 3.69. The number of ether oxygens (including phenoxy) is 1. The number of fused-ring (bicyclic) bond motifs is 2. The molecule has 2 aliphatic rings. The van der Waals surface area contributed by atoms with Crippen molar-refractivity contribution in [1.29, 1.82) is 0 Å². The van der Waals surface area contributed by atoms with E-state index in [9.17, 15) is 4.39 Å². The van der Waals surface area contributed by atoms with Gasteiger partial charge >= 0.3 is 0 Å². The quantitative estimate of drug-likeness (QED) is 0.837. The minimum Gasteiger partial charge on any atom is -0.437 e. The molecule has 4 N–H and O–H groups in total. The number of halogens is 2. The van der Waals surface area contributed by atoms with Crippen molar-refractivity contribution in [1.82, 2.24) is 0 Å². The van der Waals surface area contributed by atoms with E-state index in [2.05, 4.69) is 6.92 Å². The van der Waals surface area contributed by atoms with E-state index in [0.717, 1.165) is 30.5 Å². The first kappa shape index (κ1) is 14.3. The zero-order chi connectivity index (χ0) is 15.2. The summed E-state index contributed by atoms with van der Waals surface area (Å²) in [5.74, 6) is -0.0634. The van der Waals surface area contributed by atoms with E-state index in [1.54, 1.807) is 12.1 Å². The standard InChI is InChI=1S/C16H18ClFN2O/c1-16-6-5-9(8-16)10(15(16)20)7-13(19)21-14-11(17)3-2-4-12(14)18/h2-4,7,9H,5-6,8,19-20H2,1H3/b13-7+/t9-,16+/m1/s1. The molecule has 1 aromatic carbocycles. The number of para-hydroxylation sites is 1. The van der Waals surface area contributed by atoms with Crippen molar-refractivity contribution < 1.29 is 9.13 Å². The van der Waals surface area contributed by atoms with Crippen LogP contribution in [0.4, 0.5) is 4.39 Å². The Balaban J connectivity index is 1.87. The average Bonchev–Trinajstić information content (AvgIpc) is 2.91. The number of hydrogen-bond donors (Lipinski definition) is 2. The molecule has 0 heterocycles. The summed E-state index contributed by atoms with van der Waals surface area (Å²) < 4.78 is 19.1. The maximum absolute atomic E-state index is 13.7. The van der Waals surface area contributed by atoms with E-state index >= 15 is 0 Å². The van der Waals surface area contributed by atoms with E-state index in [0.29, 0.717) is 5.92 Å². The number of rotatable bonds is 3. The first-order chi connectivity index (χ1) is 9.90. The molecule has 2 aliphatic carbocycles. The summed E-state index contributed by atoms with van der Waals surface area (Å²) in [6.07, 6.45) is 4.99. The third-order valence-electron chi connectivity index (χ3n) is 4.58. The van der Waals surface area contributed by atoms with Crippen molar-refractivity contribution in [2.45, 2.75) is 26.2 Å². The molecule has 0 spiro atoms. The molecule has 112 valence electrons. The van der Waals surface area contributed by atoms with Gasteiger partial charge in [0, 0.05) is 17.2 Å². The van der Waals surface area contributed by atoms with Gasteiger partial charge in [-0.05, 0) is 42.9 Å². The van der Waals surface area contributed by atoms with Crippen LogP contribution in [0.25, 0.3) is 0 Å². The van der Waals surface area contributed by atoms with Gasteiger partial charge in [0.05, 0.1) is 5.02 Å². The van der Waals surface area contributed by atoms with Crippen molar-refractivity contribution in [2.75, 3.05) is 0 Å². The van der Waals surface area contributed by atoms with E-state index < -0.39 is 5.82 Å². The van der Waals surface area contributed by atoms with Gasteiger partial charge in [-0.25, -0.2) is 4.39 Å². The van der Waals surface area contributed by atoms with E-state index in [1.807, 2.05) is 0 Å². The topological polar surface area (TPSA) is 61.3 Å². The summed E-state index contributed by atoms with van der Waals surface area (Å²) in [6.45, 7) is 2.17. The van der Waals surface area contributed by atoms with Gasteiger partial charge in [-0.15, -0.1) is 0 Å². The van der Waals surface area contributed by atoms with Gasteiger partial charge in [-0.2, -0.15) is 0 Å². The van der Waals surface area contributed by atoms with Gasteiger partial charge in [0.2, 0.25) is 0 Å². The molecule has 2 atom stereocenters. The van der Waals surface area contributed by atoms with Crippen LogP contribution < -0.4 is 16.2 Å². The van der Waals surface area contributed by atoms with Crippen LogP contribution in [0.15, 0.2) is 41.4 Å². The van der Waals surface area contributed by atoms with E-state index in [-0.39, 0.29) is 22.1 Å². The van der Waals surface area contributed by atoms with Gasteiger partial charge in [-0.1, -0.05) is 24.6 Å². The molecular weight excluding hydrogens is 291 g/mol. The second kappa shape index (κ2) is 4.95. The molecule has 0 unspecified atom stereocenters. The minimum absolute atomic E-state index is 0.0542. The Hall–Kier alpha value is -1.68. The Bertz CT molecular complexity index is 635. The lowest BCUT2D eigenvalue weighted by atomic mass is 9.86. The van der Waals surface area contributed by atoms with Gasteiger partial charge in [0.1, 0.15) is 0 Å². The number of allylic oxidation sites excluding steroid dienone is 3. The number of hydrogen-bond acceptors (Lipinski definition) is 3. The Labute approximate surface area is 128 Å². The summed E-state index contributed by atoms with van der Waals surface area (Å²) in [7, 11) is 0. The molecule has 0 saturated heterocycles. The van der Waals surface area contributed by atoms with Gasteiger partial charge in [0.25, 0.3) is 0 Å². The highest BCUT2D eigenvalue weighted by molar-refractivity contribution is 6.32. The average molecular weight is 309 g/mol. The molecule has 3 nitrogen and oxygen atoms in total. The van der Waals surface area contributed by atoms with Crippen molar-refractivity contribution in [2.24, 2.45) is 22.8 Å². The monoisotopic (exact) mass is 308 g/mol. The third kappa shape index (κ3) is 2.38. The van der Waals surface area contributed by atoms with Crippen molar-refractivity contribution >= 4 is 11.6 Å². The first-order valence-corrected chi connectivity index (χ1v) is 7.38. The van der Waals surface area contributed by atoms with Crippen molar-refractivity contribution in [3.05, 3.63) is 52.3 Å². The Morgan fingerprint density at radius 2 is 2.29 bits per heavy atom. The van der Waals surface area contributed by atoms with Gasteiger partial charge in [0.15, 0.2) is 17.4 Å². The lowest BCUT2D eigenvalue weighted by Crippen LogP contribution is -2.20. The highest BCUT2D eigenvalue weighted by Gasteiger charge is 2.46. The van der Waals surface area contributed by atoms with Crippen molar-refractivity contribution in [3.63, 3.8) is 0 Å². The zero-order valence-corrected chi connectivity index (χ0v) is 12.6. The van der Waals surface area contributed by atoms with Gasteiger partial charge in [-0.3, -0.25) is 0 Å². The first-order valence-electron chi connectivity index (χ1n) is 7.00. The molecule has 0 aliphatic heterocycles. The van der Waals surface area contributed by atoms with Crippen LogP contribution in [-0.4, -0.2) is 0 Å². The van der Waals surface area contributed by atoms with Crippen LogP contribution in [0.3, 0.4) is 0 Å². The second-order valence-corrected chi connectivity index (χ2v) is 6.48. The zero-order valence-electron chi connectivity index (χ0n) is 11.8. The molecule has 5 heteroatoms. The maximum atomic E-state index is 13.7. The van der Waals surface area contributed by atoms with Gasteiger partial charge < -0.3 is 16.2 Å². The van der Waals surface area contributed by atoms with E-state index in [4.69, 9.17) is 27.8 Å². The highest BCUT2D eigenvalue weighted by atomic mass is 35.5. The highest BCUT2D eigenvalue weighted by Crippen LogP contribution is 2.55. The molecule has 0 aromatic heterocycles. The van der Waals surface area contributed by atoms with Crippen LogP contribution in [-0.2, 0) is 0 Å². The fourth-order valence-electron chi connectivity index (χ4n) is 3.40. The lowest BCUT2D eigenvalue weighted by Gasteiger charge is -2.23. The molecule has 0 amide bonds. The Morgan fingerprint density at radius 1 is 1.52 bits per heavy atom. The van der Waals surface area contributed by atoms with Crippen LogP contribution in [0.5, 0.6) is 5.75 Å². The molecule has 3 rings (SSSR count). The Kier molecular flexibility index (Phi) is 3.36. The van der Waals surface area contributed by atoms with Crippen LogP contribution in [0.2, 0.25) is 5.02 Å². The molecule has 2 bridgehead atoms. The number of benzene rings is 1. The fraction of sp³-hybridized carbons (Fsp3) is 0.375. The molecule has 1 aromatic rings. The Morgan fingerprint density at radius 3 is 2.90 bits per heavy atom. The minimum atomic E-state index is -0.541. The van der Waals surface area contributed by atoms with Crippen LogP contribution >= 0.6 is 11.6 Å². The summed E-state index contributed by atoms with van der Waals surface area (Å²) in [6, 6.07) is 4.35. The normalized spacial score (nSPS) is 28.3.